The van der Waals surface area contributed by atoms with Crippen LogP contribution in [0.5, 0.6) is 0 Å². The van der Waals surface area contributed by atoms with E-state index in [1.807, 2.05) is 12.1 Å². The van der Waals surface area contributed by atoms with E-state index in [1.165, 1.54) is 17.8 Å². The molecule has 0 bridgehead atoms. The summed E-state index contributed by atoms with van der Waals surface area (Å²) in [7, 11) is -3.65. The van der Waals surface area contributed by atoms with Gasteiger partial charge in [0.2, 0.25) is 0 Å². The number of nitrogens with one attached hydrogen (secondary N) is 1. The van der Waals surface area contributed by atoms with Crippen LogP contribution in [0.2, 0.25) is 5.02 Å². The van der Waals surface area contributed by atoms with Gasteiger partial charge in [0.15, 0.2) is 0 Å². The van der Waals surface area contributed by atoms with Crippen LogP contribution in [0.4, 0.5) is 5.69 Å². The highest BCUT2D eigenvalue weighted by atomic mass is 79.9. The fraction of sp³-hybridized carbons (Fsp3) is 0.0769. The van der Waals surface area contributed by atoms with Gasteiger partial charge in [-0.15, -0.1) is 29.7 Å². The van der Waals surface area contributed by atoms with Crippen LogP contribution in [0.1, 0.15) is 0 Å². The molecule has 0 saturated heterocycles. The molecule has 2 aromatic rings. The number of thioether (sulfide) groups is 1. The van der Waals surface area contributed by atoms with Gasteiger partial charge in [-0.25, -0.2) is 8.42 Å². The van der Waals surface area contributed by atoms with Crippen LogP contribution < -0.4 is 4.72 Å². The normalized spacial score (nSPS) is 11.3. The van der Waals surface area contributed by atoms with Gasteiger partial charge in [0.25, 0.3) is 10.0 Å². The molecule has 1 aromatic carbocycles. The van der Waals surface area contributed by atoms with Gasteiger partial charge in [-0.1, -0.05) is 29.8 Å². The molecule has 0 aliphatic rings. The highest BCUT2D eigenvalue weighted by Gasteiger charge is 2.20. The summed E-state index contributed by atoms with van der Waals surface area (Å²) in [5, 5.41) is 0.384. The van der Waals surface area contributed by atoms with E-state index in [0.717, 1.165) is 16.2 Å². The molecular formula is C13H11BrClNO2S3. The van der Waals surface area contributed by atoms with Gasteiger partial charge in [-0.2, -0.15) is 0 Å². The van der Waals surface area contributed by atoms with E-state index in [-0.39, 0.29) is 4.21 Å². The maximum atomic E-state index is 12.4. The Hall–Kier alpha value is -0.470. The van der Waals surface area contributed by atoms with E-state index in [9.17, 15) is 8.42 Å². The molecule has 0 aliphatic carbocycles. The molecule has 3 nitrogen and oxygen atoms in total. The second-order valence-electron chi connectivity index (χ2n) is 3.89. The van der Waals surface area contributed by atoms with E-state index in [1.54, 1.807) is 18.2 Å². The van der Waals surface area contributed by atoms with E-state index < -0.39 is 10.0 Å². The maximum Gasteiger partial charge on any atom is 0.271 e. The van der Waals surface area contributed by atoms with Crippen molar-refractivity contribution in [2.75, 3.05) is 10.5 Å². The van der Waals surface area contributed by atoms with Crippen molar-refractivity contribution >= 4 is 66.3 Å². The summed E-state index contributed by atoms with van der Waals surface area (Å²) >= 11 is 11.7. The standard InChI is InChI=1S/C13H11BrClNO2S3/c1-2-7-19-11-6-4-3-5-10(11)16-21(17,18)12-8-9(15)13(14)20-12/h2-6,8,16H,1,7H2. The Morgan fingerprint density at radius 3 is 2.76 bits per heavy atom. The molecule has 0 unspecified atom stereocenters. The Labute approximate surface area is 145 Å². The Morgan fingerprint density at radius 1 is 1.43 bits per heavy atom. The lowest BCUT2D eigenvalue weighted by Gasteiger charge is -2.10. The summed E-state index contributed by atoms with van der Waals surface area (Å²) in [6.45, 7) is 3.66. The fourth-order valence-corrected chi connectivity index (χ4v) is 5.77. The molecule has 1 heterocycles. The number of anilines is 1. The first-order chi connectivity index (χ1) is 9.94. The van der Waals surface area contributed by atoms with Gasteiger partial charge in [0.1, 0.15) is 4.21 Å². The number of hydrogen-bond acceptors (Lipinski definition) is 4. The van der Waals surface area contributed by atoms with Gasteiger partial charge >= 0.3 is 0 Å². The summed E-state index contributed by atoms with van der Waals surface area (Å²) in [6.07, 6.45) is 1.77. The molecule has 1 N–H and O–H groups in total. The summed E-state index contributed by atoms with van der Waals surface area (Å²) < 4.78 is 28.1. The zero-order valence-corrected chi connectivity index (χ0v) is 15.5. The topological polar surface area (TPSA) is 46.2 Å². The zero-order valence-electron chi connectivity index (χ0n) is 10.7. The second-order valence-corrected chi connectivity index (χ2v) is 9.64. The molecule has 8 heteroatoms. The number of para-hydroxylation sites is 1. The van der Waals surface area contributed by atoms with Gasteiger partial charge in [0.05, 0.1) is 14.5 Å². The van der Waals surface area contributed by atoms with Crippen LogP contribution in [-0.2, 0) is 10.0 Å². The molecule has 0 fully saturated rings. The third-order valence-electron chi connectivity index (χ3n) is 2.38. The summed E-state index contributed by atoms with van der Waals surface area (Å²) in [5.74, 6) is 0.703. The van der Waals surface area contributed by atoms with E-state index in [0.29, 0.717) is 20.2 Å². The van der Waals surface area contributed by atoms with Gasteiger partial charge in [-0.05, 0) is 34.1 Å². The van der Waals surface area contributed by atoms with Gasteiger partial charge < -0.3 is 0 Å². The summed E-state index contributed by atoms with van der Waals surface area (Å²) in [6, 6.07) is 8.67. The first kappa shape index (κ1) is 16.9. The first-order valence-electron chi connectivity index (χ1n) is 5.74. The Balaban J connectivity index is 2.30. The number of thiophene rings is 1. The monoisotopic (exact) mass is 423 g/mol. The van der Waals surface area contributed by atoms with Crippen molar-refractivity contribution in [3.8, 4) is 0 Å². The van der Waals surface area contributed by atoms with Gasteiger partial charge in [-0.3, -0.25) is 4.72 Å². The quantitative estimate of drug-likeness (QED) is 0.509. The fourth-order valence-electron chi connectivity index (χ4n) is 1.48. The predicted molar refractivity (Wildman–Crippen MR) is 95.2 cm³/mol. The van der Waals surface area contributed by atoms with Crippen LogP contribution in [0.3, 0.4) is 0 Å². The van der Waals surface area contributed by atoms with Crippen LogP contribution in [0, 0.1) is 0 Å². The molecule has 0 atom stereocenters. The molecule has 0 amide bonds. The molecule has 112 valence electrons. The highest BCUT2D eigenvalue weighted by Crippen LogP contribution is 2.36. The molecule has 21 heavy (non-hydrogen) atoms. The second kappa shape index (κ2) is 7.19. The van der Waals surface area contributed by atoms with Crippen LogP contribution in [0.25, 0.3) is 0 Å². The maximum absolute atomic E-state index is 12.4. The zero-order chi connectivity index (χ0) is 15.5. The van der Waals surface area contributed by atoms with Gasteiger partial charge in [0, 0.05) is 10.6 Å². The number of hydrogen-bond donors (Lipinski definition) is 1. The third kappa shape index (κ3) is 4.26. The number of rotatable bonds is 6. The Kier molecular flexibility index (Phi) is 5.79. The molecule has 2 rings (SSSR count). The average Bonchev–Trinajstić information content (AvgIpc) is 2.78. The van der Waals surface area contributed by atoms with Crippen molar-refractivity contribution < 1.29 is 8.42 Å². The first-order valence-corrected chi connectivity index (χ1v) is 10.2. The lowest BCUT2D eigenvalue weighted by Crippen LogP contribution is -2.12. The minimum Gasteiger partial charge on any atom is -0.278 e. The number of halogens is 2. The minimum absolute atomic E-state index is 0.169. The molecule has 0 radical (unpaired) electrons. The molecule has 0 aliphatic heterocycles. The van der Waals surface area contributed by atoms with Crippen molar-refractivity contribution in [2.45, 2.75) is 9.10 Å². The van der Waals surface area contributed by atoms with E-state index in [4.69, 9.17) is 11.6 Å². The van der Waals surface area contributed by atoms with Crippen molar-refractivity contribution in [2.24, 2.45) is 0 Å². The molecule has 0 saturated carbocycles. The third-order valence-corrected chi connectivity index (χ3v) is 7.76. The van der Waals surface area contributed by atoms with Crippen molar-refractivity contribution in [1.29, 1.82) is 0 Å². The lowest BCUT2D eigenvalue weighted by atomic mass is 10.3. The summed E-state index contributed by atoms with van der Waals surface area (Å²) in [4.78, 5) is 0.850. The average molecular weight is 425 g/mol. The minimum atomic E-state index is -3.65. The van der Waals surface area contributed by atoms with Crippen molar-refractivity contribution in [3.63, 3.8) is 0 Å². The van der Waals surface area contributed by atoms with Crippen LogP contribution in [0.15, 0.2) is 55.9 Å². The van der Waals surface area contributed by atoms with Crippen molar-refractivity contribution in [1.82, 2.24) is 0 Å². The Bertz CT molecular complexity index is 739. The van der Waals surface area contributed by atoms with Crippen molar-refractivity contribution in [3.05, 3.63) is 51.8 Å². The molecule has 1 aromatic heterocycles. The SMILES string of the molecule is C=CCSc1ccccc1NS(=O)(=O)c1cc(Cl)c(Br)s1. The molecular weight excluding hydrogens is 414 g/mol. The lowest BCUT2D eigenvalue weighted by molar-refractivity contribution is 0.603. The predicted octanol–water partition coefficient (Wildman–Crippen LogP) is 5.24. The number of sulfonamides is 1. The molecule has 0 spiro atoms. The summed E-state index contributed by atoms with van der Waals surface area (Å²) in [5.41, 5.74) is 0.546. The number of benzene rings is 1. The van der Waals surface area contributed by atoms with E-state index >= 15 is 0 Å². The van der Waals surface area contributed by atoms with Crippen LogP contribution >= 0.6 is 50.6 Å². The largest absolute Gasteiger partial charge is 0.278 e. The van der Waals surface area contributed by atoms with Crippen LogP contribution in [-0.4, -0.2) is 14.2 Å². The Morgan fingerprint density at radius 2 is 2.14 bits per heavy atom. The van der Waals surface area contributed by atoms with E-state index in [2.05, 4.69) is 27.2 Å². The highest BCUT2D eigenvalue weighted by molar-refractivity contribution is 9.11. The smallest absolute Gasteiger partial charge is 0.271 e.